The normalized spacial score (nSPS) is 15.3. The largest absolute Gasteiger partial charge is 0.376 e. The van der Waals surface area contributed by atoms with Gasteiger partial charge in [0.05, 0.1) is 13.2 Å². The standard InChI is InChI=1S/C10H10O2/c11-6-8-1-2-10-7-12-4-3-9(10)5-8/h1-2,5-6H,3-4,7H2. The van der Waals surface area contributed by atoms with E-state index >= 15 is 0 Å². The average molecular weight is 162 g/mol. The van der Waals surface area contributed by atoms with Crippen molar-refractivity contribution in [3.8, 4) is 0 Å². The van der Waals surface area contributed by atoms with Crippen LogP contribution in [0.1, 0.15) is 21.5 Å². The van der Waals surface area contributed by atoms with E-state index in [2.05, 4.69) is 0 Å². The number of carbonyl (C=O) groups excluding carboxylic acids is 1. The van der Waals surface area contributed by atoms with Crippen molar-refractivity contribution >= 4 is 6.29 Å². The van der Waals surface area contributed by atoms with E-state index in [1.807, 2.05) is 18.2 Å². The molecule has 0 N–H and O–H groups in total. The van der Waals surface area contributed by atoms with Crippen molar-refractivity contribution < 1.29 is 9.53 Å². The highest BCUT2D eigenvalue weighted by molar-refractivity contribution is 5.75. The van der Waals surface area contributed by atoms with Gasteiger partial charge in [0, 0.05) is 5.56 Å². The molecule has 0 bridgehead atoms. The molecule has 1 aromatic carbocycles. The fourth-order valence-corrected chi connectivity index (χ4v) is 1.46. The molecule has 0 saturated carbocycles. The van der Waals surface area contributed by atoms with Crippen LogP contribution in [0.5, 0.6) is 0 Å². The summed E-state index contributed by atoms with van der Waals surface area (Å²) in [7, 11) is 0. The van der Waals surface area contributed by atoms with Gasteiger partial charge >= 0.3 is 0 Å². The van der Waals surface area contributed by atoms with Crippen LogP contribution in [0.3, 0.4) is 0 Å². The first kappa shape index (κ1) is 7.50. The molecular weight excluding hydrogens is 152 g/mol. The molecule has 1 aliphatic heterocycles. The maximum Gasteiger partial charge on any atom is 0.150 e. The lowest BCUT2D eigenvalue weighted by atomic mass is 10.0. The zero-order valence-electron chi connectivity index (χ0n) is 6.75. The minimum atomic E-state index is 0.689. The molecular formula is C10H10O2. The lowest BCUT2D eigenvalue weighted by molar-refractivity contribution is 0.109. The summed E-state index contributed by atoms with van der Waals surface area (Å²) in [5.41, 5.74) is 3.23. The summed E-state index contributed by atoms with van der Waals surface area (Å²) in [5.74, 6) is 0. The van der Waals surface area contributed by atoms with Crippen LogP contribution in [0.4, 0.5) is 0 Å². The lowest BCUT2D eigenvalue weighted by Crippen LogP contribution is -2.09. The molecule has 0 aromatic heterocycles. The number of ether oxygens (including phenoxy) is 1. The Morgan fingerprint density at radius 2 is 2.25 bits per heavy atom. The Kier molecular flexibility index (Phi) is 1.92. The number of carbonyl (C=O) groups is 1. The molecule has 0 fully saturated rings. The fraction of sp³-hybridized carbons (Fsp3) is 0.300. The van der Waals surface area contributed by atoms with Gasteiger partial charge in [-0.15, -0.1) is 0 Å². The highest BCUT2D eigenvalue weighted by Crippen LogP contribution is 2.17. The van der Waals surface area contributed by atoms with Crippen molar-refractivity contribution in [1.82, 2.24) is 0 Å². The van der Waals surface area contributed by atoms with Crippen LogP contribution in [-0.4, -0.2) is 12.9 Å². The van der Waals surface area contributed by atoms with Crippen molar-refractivity contribution in [3.05, 3.63) is 34.9 Å². The number of rotatable bonds is 1. The van der Waals surface area contributed by atoms with Gasteiger partial charge in [-0.05, 0) is 23.6 Å². The average Bonchev–Trinajstić information content (AvgIpc) is 2.17. The number of benzene rings is 1. The van der Waals surface area contributed by atoms with E-state index in [0.717, 1.165) is 24.9 Å². The summed E-state index contributed by atoms with van der Waals surface area (Å²) in [6, 6.07) is 5.75. The molecule has 0 aliphatic carbocycles. The first-order valence-corrected chi connectivity index (χ1v) is 4.05. The third kappa shape index (κ3) is 1.25. The summed E-state index contributed by atoms with van der Waals surface area (Å²) in [5, 5.41) is 0. The van der Waals surface area contributed by atoms with E-state index in [0.29, 0.717) is 6.61 Å². The van der Waals surface area contributed by atoms with Gasteiger partial charge in [0.15, 0.2) is 0 Å². The topological polar surface area (TPSA) is 26.3 Å². The molecule has 62 valence electrons. The van der Waals surface area contributed by atoms with E-state index in [1.54, 1.807) is 0 Å². The molecule has 2 nitrogen and oxygen atoms in total. The van der Waals surface area contributed by atoms with Crippen LogP contribution in [0.2, 0.25) is 0 Å². The second-order valence-electron chi connectivity index (χ2n) is 2.95. The SMILES string of the molecule is O=Cc1ccc2c(c1)CCOC2. The highest BCUT2D eigenvalue weighted by Gasteiger charge is 2.08. The van der Waals surface area contributed by atoms with E-state index < -0.39 is 0 Å². The molecule has 0 spiro atoms. The minimum Gasteiger partial charge on any atom is -0.376 e. The Hall–Kier alpha value is -1.15. The van der Waals surface area contributed by atoms with Crippen LogP contribution in [0.15, 0.2) is 18.2 Å². The van der Waals surface area contributed by atoms with Gasteiger partial charge in [0.2, 0.25) is 0 Å². The molecule has 2 heteroatoms. The number of hydrogen-bond acceptors (Lipinski definition) is 2. The zero-order valence-corrected chi connectivity index (χ0v) is 6.75. The van der Waals surface area contributed by atoms with Crippen molar-refractivity contribution in [2.45, 2.75) is 13.0 Å². The summed E-state index contributed by atoms with van der Waals surface area (Å²) >= 11 is 0. The smallest absolute Gasteiger partial charge is 0.150 e. The molecule has 0 radical (unpaired) electrons. The predicted molar refractivity (Wildman–Crippen MR) is 45.2 cm³/mol. The van der Waals surface area contributed by atoms with Crippen LogP contribution in [0, 0.1) is 0 Å². The Labute approximate surface area is 71.2 Å². The molecule has 1 aliphatic rings. The van der Waals surface area contributed by atoms with Gasteiger partial charge in [-0.2, -0.15) is 0 Å². The lowest BCUT2D eigenvalue weighted by Gasteiger charge is -2.15. The van der Waals surface area contributed by atoms with Gasteiger partial charge < -0.3 is 4.74 Å². The van der Waals surface area contributed by atoms with Crippen molar-refractivity contribution in [2.24, 2.45) is 0 Å². The molecule has 2 rings (SSSR count). The second kappa shape index (κ2) is 3.07. The maximum atomic E-state index is 10.5. The van der Waals surface area contributed by atoms with Gasteiger partial charge in [-0.1, -0.05) is 12.1 Å². The van der Waals surface area contributed by atoms with E-state index in [1.165, 1.54) is 11.1 Å². The molecule has 0 saturated heterocycles. The Balaban J connectivity index is 2.42. The third-order valence-corrected chi connectivity index (χ3v) is 2.14. The highest BCUT2D eigenvalue weighted by atomic mass is 16.5. The van der Waals surface area contributed by atoms with Gasteiger partial charge in [0.25, 0.3) is 0 Å². The molecule has 1 heterocycles. The van der Waals surface area contributed by atoms with Crippen molar-refractivity contribution in [3.63, 3.8) is 0 Å². The Morgan fingerprint density at radius 3 is 3.08 bits per heavy atom. The van der Waals surface area contributed by atoms with Crippen molar-refractivity contribution in [1.29, 1.82) is 0 Å². The van der Waals surface area contributed by atoms with Crippen LogP contribution >= 0.6 is 0 Å². The van der Waals surface area contributed by atoms with Gasteiger partial charge in [0.1, 0.15) is 6.29 Å². The van der Waals surface area contributed by atoms with E-state index in [9.17, 15) is 4.79 Å². The second-order valence-corrected chi connectivity index (χ2v) is 2.95. The Morgan fingerprint density at radius 1 is 1.33 bits per heavy atom. The monoisotopic (exact) mass is 162 g/mol. The third-order valence-electron chi connectivity index (χ3n) is 2.14. The zero-order chi connectivity index (χ0) is 8.39. The van der Waals surface area contributed by atoms with E-state index in [4.69, 9.17) is 4.74 Å². The quantitative estimate of drug-likeness (QED) is 0.586. The molecule has 0 amide bonds. The fourth-order valence-electron chi connectivity index (χ4n) is 1.46. The maximum absolute atomic E-state index is 10.5. The minimum absolute atomic E-state index is 0.689. The van der Waals surface area contributed by atoms with E-state index in [-0.39, 0.29) is 0 Å². The van der Waals surface area contributed by atoms with Crippen LogP contribution < -0.4 is 0 Å². The first-order valence-electron chi connectivity index (χ1n) is 4.05. The molecule has 1 aromatic rings. The van der Waals surface area contributed by atoms with Crippen LogP contribution in [0.25, 0.3) is 0 Å². The summed E-state index contributed by atoms with van der Waals surface area (Å²) in [6.07, 6.45) is 1.81. The summed E-state index contributed by atoms with van der Waals surface area (Å²) in [4.78, 5) is 10.5. The molecule has 0 unspecified atom stereocenters. The molecule has 12 heavy (non-hydrogen) atoms. The van der Waals surface area contributed by atoms with Crippen molar-refractivity contribution in [2.75, 3.05) is 6.61 Å². The number of hydrogen-bond donors (Lipinski definition) is 0. The first-order chi connectivity index (χ1) is 5.90. The summed E-state index contributed by atoms with van der Waals surface area (Å²) < 4.78 is 5.28. The summed E-state index contributed by atoms with van der Waals surface area (Å²) in [6.45, 7) is 1.46. The van der Waals surface area contributed by atoms with Crippen LogP contribution in [-0.2, 0) is 17.8 Å². The predicted octanol–water partition coefficient (Wildman–Crippen LogP) is 1.57. The molecule has 0 atom stereocenters. The number of fused-ring (bicyclic) bond motifs is 1. The van der Waals surface area contributed by atoms with Gasteiger partial charge in [-0.25, -0.2) is 0 Å². The van der Waals surface area contributed by atoms with Gasteiger partial charge in [-0.3, -0.25) is 4.79 Å². The number of aldehydes is 1. The Bertz CT molecular complexity index is 305.